The Labute approximate surface area is 112 Å². The van der Waals surface area contributed by atoms with E-state index in [0.29, 0.717) is 6.61 Å². The van der Waals surface area contributed by atoms with Gasteiger partial charge in [0.05, 0.1) is 6.61 Å². The van der Waals surface area contributed by atoms with E-state index in [1.807, 2.05) is 12.1 Å². The Morgan fingerprint density at radius 2 is 1.79 bits per heavy atom. The number of phenols is 1. The molecule has 0 aliphatic carbocycles. The highest BCUT2D eigenvalue weighted by Crippen LogP contribution is 2.22. The van der Waals surface area contributed by atoms with E-state index >= 15 is 0 Å². The summed E-state index contributed by atoms with van der Waals surface area (Å²) >= 11 is 0. The van der Waals surface area contributed by atoms with Crippen LogP contribution in [0.3, 0.4) is 0 Å². The van der Waals surface area contributed by atoms with Gasteiger partial charge in [-0.25, -0.2) is 0 Å². The van der Waals surface area contributed by atoms with E-state index in [9.17, 15) is 9.90 Å². The fourth-order valence-corrected chi connectivity index (χ4v) is 2.77. The van der Waals surface area contributed by atoms with Crippen LogP contribution in [0.25, 0.3) is 0 Å². The number of phenolic OH excluding ortho intramolecular Hbond substituents is 1. The predicted octanol–water partition coefficient (Wildman–Crippen LogP) is 0.830. The molecule has 0 unspecified atom stereocenters. The third-order valence-corrected chi connectivity index (χ3v) is 3.88. The van der Waals surface area contributed by atoms with Crippen molar-refractivity contribution < 1.29 is 14.6 Å². The van der Waals surface area contributed by atoms with E-state index in [0.717, 1.165) is 38.3 Å². The molecule has 1 atom stereocenters. The average molecular weight is 262 g/mol. The number of carbonyl (C=O) groups excluding carboxylic acids is 1. The van der Waals surface area contributed by atoms with Crippen LogP contribution in [0, 0.1) is 0 Å². The molecule has 0 radical (unpaired) electrons. The van der Waals surface area contributed by atoms with Crippen LogP contribution in [0.4, 0.5) is 5.69 Å². The molecule has 19 heavy (non-hydrogen) atoms. The topological polar surface area (TPSA) is 53.0 Å². The average Bonchev–Trinajstić information content (AvgIpc) is 2.86. The van der Waals surface area contributed by atoms with Crippen molar-refractivity contribution in [1.82, 2.24) is 4.90 Å². The van der Waals surface area contributed by atoms with Crippen molar-refractivity contribution in [3.05, 3.63) is 24.3 Å². The zero-order valence-electron chi connectivity index (χ0n) is 10.8. The molecule has 2 heterocycles. The van der Waals surface area contributed by atoms with Gasteiger partial charge < -0.3 is 14.7 Å². The molecule has 3 rings (SSSR count). The third-order valence-electron chi connectivity index (χ3n) is 3.88. The predicted molar refractivity (Wildman–Crippen MR) is 71.3 cm³/mol. The summed E-state index contributed by atoms with van der Waals surface area (Å²) in [5, 5.41) is 9.29. The van der Waals surface area contributed by atoms with Gasteiger partial charge in [0.25, 0.3) is 0 Å². The van der Waals surface area contributed by atoms with Crippen molar-refractivity contribution in [2.45, 2.75) is 12.5 Å². The molecule has 5 heteroatoms. The number of cyclic esters (lactones) is 1. The molecule has 0 saturated carbocycles. The van der Waals surface area contributed by atoms with E-state index in [1.165, 1.54) is 0 Å². The lowest BCUT2D eigenvalue weighted by atomic mass is 10.1. The van der Waals surface area contributed by atoms with Crippen LogP contribution >= 0.6 is 0 Å². The Bertz CT molecular complexity index is 452. The van der Waals surface area contributed by atoms with Crippen molar-refractivity contribution in [3.63, 3.8) is 0 Å². The molecule has 1 aromatic carbocycles. The third kappa shape index (κ3) is 2.51. The van der Waals surface area contributed by atoms with Crippen LogP contribution in [0.1, 0.15) is 6.42 Å². The fraction of sp³-hybridized carbons (Fsp3) is 0.500. The van der Waals surface area contributed by atoms with Gasteiger partial charge in [0.15, 0.2) is 0 Å². The minimum atomic E-state index is -0.0712. The first-order valence-electron chi connectivity index (χ1n) is 6.69. The SMILES string of the molecule is O=C1OCC[C@@H]1N1CCN(c2ccc(O)cc2)CC1. The lowest BCUT2D eigenvalue weighted by Gasteiger charge is -2.37. The van der Waals surface area contributed by atoms with Gasteiger partial charge in [-0.05, 0) is 24.3 Å². The van der Waals surface area contributed by atoms with Crippen LogP contribution in [0.2, 0.25) is 0 Å². The maximum Gasteiger partial charge on any atom is 0.323 e. The van der Waals surface area contributed by atoms with Gasteiger partial charge >= 0.3 is 5.97 Å². The van der Waals surface area contributed by atoms with Crippen molar-refractivity contribution in [1.29, 1.82) is 0 Å². The number of ether oxygens (including phenoxy) is 1. The maximum absolute atomic E-state index is 11.6. The Morgan fingerprint density at radius 3 is 2.37 bits per heavy atom. The molecule has 0 aromatic heterocycles. The standard InChI is InChI=1S/C14H18N2O3/c17-12-3-1-11(2-4-12)15-6-8-16(9-7-15)13-5-10-19-14(13)18/h1-4,13,17H,5-10H2/t13-/m0/s1. The number of piperazine rings is 1. The lowest BCUT2D eigenvalue weighted by molar-refractivity contribution is -0.142. The molecule has 1 N–H and O–H groups in total. The zero-order chi connectivity index (χ0) is 13.2. The second kappa shape index (κ2) is 5.09. The van der Waals surface area contributed by atoms with Crippen LogP contribution in [-0.2, 0) is 9.53 Å². The van der Waals surface area contributed by atoms with Crippen molar-refractivity contribution >= 4 is 11.7 Å². The number of benzene rings is 1. The first-order valence-corrected chi connectivity index (χ1v) is 6.69. The highest BCUT2D eigenvalue weighted by molar-refractivity contribution is 5.77. The van der Waals surface area contributed by atoms with Crippen LogP contribution < -0.4 is 4.90 Å². The fourth-order valence-electron chi connectivity index (χ4n) is 2.77. The molecule has 2 fully saturated rings. The molecule has 2 aliphatic heterocycles. The van der Waals surface area contributed by atoms with Gasteiger partial charge in [-0.1, -0.05) is 0 Å². The number of anilines is 1. The van der Waals surface area contributed by atoms with Gasteiger partial charge in [0, 0.05) is 38.3 Å². The summed E-state index contributed by atoms with van der Waals surface area (Å²) in [7, 11) is 0. The number of nitrogens with zero attached hydrogens (tertiary/aromatic N) is 2. The summed E-state index contributed by atoms with van der Waals surface area (Å²) in [5.74, 6) is 0.217. The molecule has 5 nitrogen and oxygen atoms in total. The smallest absolute Gasteiger partial charge is 0.323 e. The second-order valence-corrected chi connectivity index (χ2v) is 5.01. The zero-order valence-corrected chi connectivity index (χ0v) is 10.8. The van der Waals surface area contributed by atoms with E-state index in [-0.39, 0.29) is 17.8 Å². The highest BCUT2D eigenvalue weighted by atomic mass is 16.5. The monoisotopic (exact) mass is 262 g/mol. The summed E-state index contributed by atoms with van der Waals surface area (Å²) in [4.78, 5) is 16.0. The van der Waals surface area contributed by atoms with E-state index < -0.39 is 0 Å². The molecule has 102 valence electrons. The lowest BCUT2D eigenvalue weighted by Crippen LogP contribution is -2.51. The molecule has 2 aliphatic rings. The highest BCUT2D eigenvalue weighted by Gasteiger charge is 2.33. The first kappa shape index (κ1) is 12.3. The van der Waals surface area contributed by atoms with Crippen LogP contribution in [0.15, 0.2) is 24.3 Å². The Morgan fingerprint density at radius 1 is 1.11 bits per heavy atom. The molecular formula is C14H18N2O3. The quantitative estimate of drug-likeness (QED) is 0.800. The molecule has 0 spiro atoms. The first-order chi connectivity index (χ1) is 9.24. The largest absolute Gasteiger partial charge is 0.508 e. The number of hydrogen-bond donors (Lipinski definition) is 1. The molecule has 0 amide bonds. The second-order valence-electron chi connectivity index (χ2n) is 5.01. The summed E-state index contributed by atoms with van der Waals surface area (Å²) in [6, 6.07) is 7.22. The number of carbonyl (C=O) groups is 1. The minimum absolute atomic E-state index is 0.0398. The van der Waals surface area contributed by atoms with E-state index in [1.54, 1.807) is 12.1 Å². The van der Waals surface area contributed by atoms with Crippen molar-refractivity contribution in [2.24, 2.45) is 0 Å². The summed E-state index contributed by atoms with van der Waals surface area (Å²) in [5.41, 5.74) is 1.12. The normalized spacial score (nSPS) is 24.5. The van der Waals surface area contributed by atoms with Gasteiger partial charge in [-0.3, -0.25) is 9.69 Å². The Balaban J connectivity index is 1.60. The molecule has 1 aromatic rings. The summed E-state index contributed by atoms with van der Waals surface area (Å²) in [6.07, 6.45) is 0.818. The maximum atomic E-state index is 11.6. The Kier molecular flexibility index (Phi) is 3.29. The minimum Gasteiger partial charge on any atom is -0.508 e. The van der Waals surface area contributed by atoms with Crippen molar-refractivity contribution in [2.75, 3.05) is 37.7 Å². The molecule has 2 saturated heterocycles. The van der Waals surface area contributed by atoms with Crippen LogP contribution in [-0.4, -0.2) is 54.8 Å². The summed E-state index contributed by atoms with van der Waals surface area (Å²) < 4.78 is 5.02. The van der Waals surface area contributed by atoms with Crippen molar-refractivity contribution in [3.8, 4) is 5.75 Å². The van der Waals surface area contributed by atoms with E-state index in [2.05, 4.69) is 9.80 Å². The summed E-state index contributed by atoms with van der Waals surface area (Å²) in [6.45, 7) is 4.10. The Hall–Kier alpha value is -1.75. The van der Waals surface area contributed by atoms with Crippen LogP contribution in [0.5, 0.6) is 5.75 Å². The van der Waals surface area contributed by atoms with Gasteiger partial charge in [0.1, 0.15) is 11.8 Å². The van der Waals surface area contributed by atoms with Gasteiger partial charge in [0.2, 0.25) is 0 Å². The van der Waals surface area contributed by atoms with E-state index in [4.69, 9.17) is 4.74 Å². The number of hydrogen-bond acceptors (Lipinski definition) is 5. The number of aromatic hydroxyl groups is 1. The number of esters is 1. The van der Waals surface area contributed by atoms with Gasteiger partial charge in [-0.15, -0.1) is 0 Å². The molecular weight excluding hydrogens is 244 g/mol. The van der Waals surface area contributed by atoms with Gasteiger partial charge in [-0.2, -0.15) is 0 Å². The molecule has 0 bridgehead atoms. The number of rotatable bonds is 2.